The summed E-state index contributed by atoms with van der Waals surface area (Å²) >= 11 is 5.89. The van der Waals surface area contributed by atoms with E-state index in [4.69, 9.17) is 17.3 Å². The molecule has 0 spiro atoms. The van der Waals surface area contributed by atoms with Gasteiger partial charge in [0.15, 0.2) is 0 Å². The van der Waals surface area contributed by atoms with Crippen molar-refractivity contribution in [2.75, 3.05) is 12.3 Å². The Morgan fingerprint density at radius 1 is 1.14 bits per heavy atom. The van der Waals surface area contributed by atoms with E-state index in [-0.39, 0.29) is 10.6 Å². The van der Waals surface area contributed by atoms with E-state index in [0.29, 0.717) is 18.1 Å². The standard InChI is InChI=1S/C15H17ClN2O2S/c1-2-18(11-12-6-4-3-5-7-12)21(19,20)15-10-13(16)8-9-14(15)17/h3-10H,2,11,17H2,1H3. The molecule has 0 atom stereocenters. The van der Waals surface area contributed by atoms with Gasteiger partial charge < -0.3 is 5.73 Å². The predicted octanol–water partition coefficient (Wildman–Crippen LogP) is 3.13. The van der Waals surface area contributed by atoms with Gasteiger partial charge in [-0.05, 0) is 23.8 Å². The van der Waals surface area contributed by atoms with Crippen molar-refractivity contribution in [2.24, 2.45) is 0 Å². The van der Waals surface area contributed by atoms with Crippen LogP contribution >= 0.6 is 11.6 Å². The third-order valence-electron chi connectivity index (χ3n) is 3.15. The molecule has 0 saturated heterocycles. The minimum absolute atomic E-state index is 0.0489. The first-order valence-electron chi connectivity index (χ1n) is 6.54. The molecule has 0 aliphatic carbocycles. The van der Waals surface area contributed by atoms with Crippen LogP contribution in [0.2, 0.25) is 5.02 Å². The maximum Gasteiger partial charge on any atom is 0.245 e. The van der Waals surface area contributed by atoms with Crippen LogP contribution in [0.5, 0.6) is 0 Å². The van der Waals surface area contributed by atoms with E-state index in [1.807, 2.05) is 30.3 Å². The van der Waals surface area contributed by atoms with Crippen LogP contribution in [0.15, 0.2) is 53.4 Å². The van der Waals surface area contributed by atoms with Gasteiger partial charge in [0.1, 0.15) is 4.90 Å². The summed E-state index contributed by atoms with van der Waals surface area (Å²) in [7, 11) is -3.68. The van der Waals surface area contributed by atoms with Crippen LogP contribution in [0.4, 0.5) is 5.69 Å². The van der Waals surface area contributed by atoms with Gasteiger partial charge in [0.25, 0.3) is 0 Å². The summed E-state index contributed by atoms with van der Waals surface area (Å²) in [6.07, 6.45) is 0. The highest BCUT2D eigenvalue weighted by molar-refractivity contribution is 7.89. The second kappa shape index (κ2) is 6.47. The molecular formula is C15H17ClN2O2S. The van der Waals surface area contributed by atoms with Gasteiger partial charge in [-0.15, -0.1) is 0 Å². The Morgan fingerprint density at radius 3 is 2.43 bits per heavy atom. The van der Waals surface area contributed by atoms with E-state index < -0.39 is 10.0 Å². The molecule has 0 amide bonds. The Hall–Kier alpha value is -1.56. The quantitative estimate of drug-likeness (QED) is 0.859. The summed E-state index contributed by atoms with van der Waals surface area (Å²) < 4.78 is 26.8. The third-order valence-corrected chi connectivity index (χ3v) is 5.36. The zero-order chi connectivity index (χ0) is 15.5. The molecule has 0 aliphatic rings. The Balaban J connectivity index is 2.38. The van der Waals surface area contributed by atoms with E-state index in [1.54, 1.807) is 13.0 Å². The molecule has 0 saturated carbocycles. The average molecular weight is 325 g/mol. The van der Waals surface area contributed by atoms with Gasteiger partial charge in [-0.2, -0.15) is 4.31 Å². The molecule has 0 unspecified atom stereocenters. The zero-order valence-corrected chi connectivity index (χ0v) is 13.2. The largest absolute Gasteiger partial charge is 0.398 e. The van der Waals surface area contributed by atoms with Crippen molar-refractivity contribution in [3.05, 3.63) is 59.1 Å². The molecule has 6 heteroatoms. The fourth-order valence-electron chi connectivity index (χ4n) is 2.02. The molecule has 0 fully saturated rings. The lowest BCUT2D eigenvalue weighted by atomic mass is 10.2. The third kappa shape index (κ3) is 3.56. The van der Waals surface area contributed by atoms with Gasteiger partial charge in [0, 0.05) is 18.1 Å². The Bertz CT molecular complexity index is 718. The lowest BCUT2D eigenvalue weighted by Gasteiger charge is -2.21. The summed E-state index contributed by atoms with van der Waals surface area (Å²) in [5.74, 6) is 0. The molecule has 112 valence electrons. The molecule has 0 aliphatic heterocycles. The van der Waals surface area contributed by atoms with E-state index in [1.165, 1.54) is 16.4 Å². The summed E-state index contributed by atoms with van der Waals surface area (Å²) in [4.78, 5) is 0.0489. The maximum absolute atomic E-state index is 12.7. The molecule has 2 N–H and O–H groups in total. The van der Waals surface area contributed by atoms with Crippen LogP contribution in [0.3, 0.4) is 0 Å². The normalized spacial score (nSPS) is 11.8. The van der Waals surface area contributed by atoms with E-state index in [0.717, 1.165) is 5.56 Å². The molecule has 2 rings (SSSR count). The SMILES string of the molecule is CCN(Cc1ccccc1)S(=O)(=O)c1cc(Cl)ccc1N. The number of halogens is 1. The highest BCUT2D eigenvalue weighted by Gasteiger charge is 2.25. The van der Waals surface area contributed by atoms with Gasteiger partial charge in [-0.3, -0.25) is 0 Å². The number of anilines is 1. The summed E-state index contributed by atoms with van der Waals surface area (Å²) in [6, 6.07) is 13.9. The van der Waals surface area contributed by atoms with Crippen LogP contribution < -0.4 is 5.73 Å². The molecule has 0 aromatic heterocycles. The van der Waals surface area contributed by atoms with Crippen LogP contribution in [0.25, 0.3) is 0 Å². The molecule has 0 radical (unpaired) electrons. The number of sulfonamides is 1. The number of rotatable bonds is 5. The molecular weight excluding hydrogens is 308 g/mol. The van der Waals surface area contributed by atoms with Crippen LogP contribution in [-0.2, 0) is 16.6 Å². The number of nitrogen functional groups attached to an aromatic ring is 1. The lowest BCUT2D eigenvalue weighted by Crippen LogP contribution is -2.31. The Morgan fingerprint density at radius 2 is 1.81 bits per heavy atom. The predicted molar refractivity (Wildman–Crippen MR) is 85.6 cm³/mol. The molecule has 0 bridgehead atoms. The van der Waals surface area contributed by atoms with Crippen molar-refractivity contribution in [1.82, 2.24) is 4.31 Å². The Kier molecular flexibility index (Phi) is 4.88. The number of hydrogen-bond donors (Lipinski definition) is 1. The summed E-state index contributed by atoms with van der Waals surface area (Å²) in [5, 5.41) is 0.346. The van der Waals surface area contributed by atoms with Gasteiger partial charge in [0.05, 0.1) is 5.69 Å². The average Bonchev–Trinajstić information content (AvgIpc) is 2.48. The van der Waals surface area contributed by atoms with Crippen molar-refractivity contribution in [1.29, 1.82) is 0 Å². The molecule has 2 aromatic rings. The summed E-state index contributed by atoms with van der Waals surface area (Å²) in [6.45, 7) is 2.44. The number of benzene rings is 2. The van der Waals surface area contributed by atoms with Gasteiger partial charge in [0.2, 0.25) is 10.0 Å². The van der Waals surface area contributed by atoms with Crippen molar-refractivity contribution < 1.29 is 8.42 Å². The lowest BCUT2D eigenvalue weighted by molar-refractivity contribution is 0.423. The van der Waals surface area contributed by atoms with Gasteiger partial charge in [-0.25, -0.2) is 8.42 Å². The van der Waals surface area contributed by atoms with Crippen molar-refractivity contribution in [3.8, 4) is 0 Å². The van der Waals surface area contributed by atoms with Gasteiger partial charge in [-0.1, -0.05) is 48.9 Å². The fourth-order valence-corrected chi connectivity index (χ4v) is 3.84. The van der Waals surface area contributed by atoms with Crippen LogP contribution in [0, 0.1) is 0 Å². The second-order valence-corrected chi connectivity index (χ2v) is 6.94. The highest BCUT2D eigenvalue weighted by atomic mass is 35.5. The van der Waals surface area contributed by atoms with Crippen LogP contribution in [-0.4, -0.2) is 19.3 Å². The first-order chi connectivity index (χ1) is 9.95. The Labute approximate surface area is 130 Å². The van der Waals surface area contributed by atoms with Crippen molar-refractivity contribution >= 4 is 27.3 Å². The maximum atomic E-state index is 12.7. The summed E-state index contributed by atoms with van der Waals surface area (Å²) in [5.41, 5.74) is 6.92. The molecule has 0 heterocycles. The number of nitrogens with zero attached hydrogens (tertiary/aromatic N) is 1. The van der Waals surface area contributed by atoms with Crippen molar-refractivity contribution in [2.45, 2.75) is 18.4 Å². The number of nitrogens with two attached hydrogens (primary N) is 1. The zero-order valence-electron chi connectivity index (χ0n) is 11.7. The minimum atomic E-state index is -3.68. The van der Waals surface area contributed by atoms with E-state index in [2.05, 4.69) is 0 Å². The smallest absolute Gasteiger partial charge is 0.245 e. The number of hydrogen-bond acceptors (Lipinski definition) is 3. The molecule has 4 nitrogen and oxygen atoms in total. The van der Waals surface area contributed by atoms with E-state index in [9.17, 15) is 8.42 Å². The minimum Gasteiger partial charge on any atom is -0.398 e. The first-order valence-corrected chi connectivity index (χ1v) is 8.36. The topological polar surface area (TPSA) is 63.4 Å². The van der Waals surface area contributed by atoms with E-state index >= 15 is 0 Å². The second-order valence-electron chi connectivity index (χ2n) is 4.60. The highest BCUT2D eigenvalue weighted by Crippen LogP contribution is 2.26. The molecule has 2 aromatic carbocycles. The monoisotopic (exact) mass is 324 g/mol. The fraction of sp³-hybridized carbons (Fsp3) is 0.200. The first kappa shape index (κ1) is 15.8. The van der Waals surface area contributed by atoms with Crippen molar-refractivity contribution in [3.63, 3.8) is 0 Å². The van der Waals surface area contributed by atoms with Crippen LogP contribution in [0.1, 0.15) is 12.5 Å². The molecule has 21 heavy (non-hydrogen) atoms. The van der Waals surface area contributed by atoms with Gasteiger partial charge >= 0.3 is 0 Å².